The highest BCUT2D eigenvalue weighted by Crippen LogP contribution is 2.29. The van der Waals surface area contributed by atoms with Crippen molar-refractivity contribution >= 4 is 23.2 Å². The Morgan fingerprint density at radius 1 is 1.14 bits per heavy atom. The van der Waals surface area contributed by atoms with Crippen LogP contribution in [-0.4, -0.2) is 29.0 Å². The van der Waals surface area contributed by atoms with Crippen molar-refractivity contribution in [3.8, 4) is 5.75 Å². The Morgan fingerprint density at radius 2 is 1.93 bits per heavy atom. The first-order chi connectivity index (χ1) is 13.7. The summed E-state index contributed by atoms with van der Waals surface area (Å²) in [5.41, 5.74) is 4.01. The van der Waals surface area contributed by atoms with E-state index in [1.165, 1.54) is 5.56 Å². The van der Waals surface area contributed by atoms with Crippen molar-refractivity contribution in [3.63, 3.8) is 0 Å². The van der Waals surface area contributed by atoms with E-state index in [1.807, 2.05) is 56.3 Å². The molecule has 2 heterocycles. The minimum Gasteiger partial charge on any atom is -0.492 e. The Morgan fingerprint density at radius 3 is 2.79 bits per heavy atom. The molecule has 2 aromatic carbocycles. The van der Waals surface area contributed by atoms with Crippen LogP contribution in [-0.2, 0) is 6.42 Å². The lowest BCUT2D eigenvalue weighted by Crippen LogP contribution is -2.30. The third-order valence-corrected chi connectivity index (χ3v) is 4.64. The fourth-order valence-corrected chi connectivity index (χ4v) is 3.39. The van der Waals surface area contributed by atoms with E-state index < -0.39 is 0 Å². The molecule has 3 aromatic rings. The fraction of sp³-hybridized carbons (Fsp3) is 0.227. The Balaban J connectivity index is 1.62. The molecule has 6 nitrogen and oxygen atoms in total. The van der Waals surface area contributed by atoms with Crippen molar-refractivity contribution in [2.45, 2.75) is 20.3 Å². The molecule has 4 rings (SSSR count). The first-order valence-corrected chi connectivity index (χ1v) is 9.40. The van der Waals surface area contributed by atoms with Gasteiger partial charge >= 0.3 is 0 Å². The molecular weight excluding hydrogens is 352 g/mol. The minimum absolute atomic E-state index is 0.114. The number of para-hydroxylation sites is 3. The summed E-state index contributed by atoms with van der Waals surface area (Å²) in [6, 6.07) is 17.3. The van der Waals surface area contributed by atoms with Crippen LogP contribution < -0.4 is 15.0 Å². The topological polar surface area (TPSA) is 67.3 Å². The molecule has 0 saturated carbocycles. The van der Waals surface area contributed by atoms with Crippen molar-refractivity contribution in [2.75, 3.05) is 23.4 Å². The van der Waals surface area contributed by atoms with Gasteiger partial charge in [-0.2, -0.15) is 0 Å². The monoisotopic (exact) mass is 374 g/mol. The molecule has 28 heavy (non-hydrogen) atoms. The summed E-state index contributed by atoms with van der Waals surface area (Å²) < 4.78 is 5.64. The molecule has 1 aromatic heterocycles. The Kier molecular flexibility index (Phi) is 4.93. The van der Waals surface area contributed by atoms with Gasteiger partial charge in [0.05, 0.1) is 12.3 Å². The second-order valence-electron chi connectivity index (χ2n) is 6.61. The molecule has 0 fully saturated rings. The standard InChI is InChI=1S/C22H22N4O2/c1-3-28-20-11-7-5-9-17(20)24-22-23-15(2)14-18(25-22)21(27)26-13-12-16-8-4-6-10-19(16)26/h4-11,14H,3,12-13H2,1-2H3,(H,23,24,25). The lowest BCUT2D eigenvalue weighted by molar-refractivity contribution is 0.0984. The zero-order valence-corrected chi connectivity index (χ0v) is 16.0. The lowest BCUT2D eigenvalue weighted by atomic mass is 10.2. The lowest BCUT2D eigenvalue weighted by Gasteiger charge is -2.18. The van der Waals surface area contributed by atoms with Gasteiger partial charge in [-0.3, -0.25) is 4.79 Å². The third kappa shape index (κ3) is 3.53. The molecule has 0 radical (unpaired) electrons. The Hall–Kier alpha value is -3.41. The largest absolute Gasteiger partial charge is 0.492 e. The number of fused-ring (bicyclic) bond motifs is 1. The van der Waals surface area contributed by atoms with Crippen LogP contribution in [0.15, 0.2) is 54.6 Å². The number of amides is 1. The smallest absolute Gasteiger partial charge is 0.277 e. The minimum atomic E-state index is -0.114. The number of hydrogen-bond acceptors (Lipinski definition) is 5. The number of ether oxygens (including phenoxy) is 1. The van der Waals surface area contributed by atoms with Gasteiger partial charge in [0.2, 0.25) is 5.95 Å². The summed E-state index contributed by atoms with van der Waals surface area (Å²) in [4.78, 5) is 23.8. The van der Waals surface area contributed by atoms with Gasteiger partial charge in [-0.25, -0.2) is 9.97 Å². The highest BCUT2D eigenvalue weighted by molar-refractivity contribution is 6.06. The Bertz CT molecular complexity index is 1020. The van der Waals surface area contributed by atoms with Gasteiger partial charge < -0.3 is 15.0 Å². The second-order valence-corrected chi connectivity index (χ2v) is 6.61. The van der Waals surface area contributed by atoms with Gasteiger partial charge in [0.15, 0.2) is 0 Å². The maximum atomic E-state index is 13.1. The maximum Gasteiger partial charge on any atom is 0.277 e. The molecule has 1 aliphatic rings. The van der Waals surface area contributed by atoms with E-state index in [0.717, 1.165) is 29.2 Å². The number of benzene rings is 2. The van der Waals surface area contributed by atoms with Crippen LogP contribution in [0.1, 0.15) is 28.7 Å². The zero-order valence-electron chi connectivity index (χ0n) is 16.0. The summed E-state index contributed by atoms with van der Waals surface area (Å²) in [6.45, 7) is 5.02. The van der Waals surface area contributed by atoms with Gasteiger partial charge in [0.1, 0.15) is 11.4 Å². The van der Waals surface area contributed by atoms with Crippen molar-refractivity contribution in [3.05, 3.63) is 71.5 Å². The molecule has 0 unspecified atom stereocenters. The van der Waals surface area contributed by atoms with Gasteiger partial charge in [0, 0.05) is 17.9 Å². The molecule has 142 valence electrons. The molecular formula is C22H22N4O2. The zero-order chi connectivity index (χ0) is 19.5. The average molecular weight is 374 g/mol. The summed E-state index contributed by atoms with van der Waals surface area (Å²) in [5.74, 6) is 0.982. The predicted molar refractivity (Wildman–Crippen MR) is 109 cm³/mol. The highest BCUT2D eigenvalue weighted by Gasteiger charge is 2.26. The number of carbonyl (C=O) groups is 1. The van der Waals surface area contributed by atoms with E-state index in [4.69, 9.17) is 4.74 Å². The molecule has 0 saturated heterocycles. The first-order valence-electron chi connectivity index (χ1n) is 9.40. The van der Waals surface area contributed by atoms with E-state index in [0.29, 0.717) is 24.8 Å². The van der Waals surface area contributed by atoms with Crippen LogP contribution in [0.2, 0.25) is 0 Å². The maximum absolute atomic E-state index is 13.1. The molecule has 0 spiro atoms. The summed E-state index contributed by atoms with van der Waals surface area (Å²) in [6.07, 6.45) is 0.860. The summed E-state index contributed by atoms with van der Waals surface area (Å²) >= 11 is 0. The SMILES string of the molecule is CCOc1ccccc1Nc1nc(C)cc(C(=O)N2CCc3ccccc32)n1. The van der Waals surface area contributed by atoms with E-state index in [9.17, 15) is 4.79 Å². The average Bonchev–Trinajstić information content (AvgIpc) is 3.13. The number of nitrogens with zero attached hydrogens (tertiary/aromatic N) is 3. The van der Waals surface area contributed by atoms with Crippen LogP contribution in [0.3, 0.4) is 0 Å². The molecule has 6 heteroatoms. The number of carbonyl (C=O) groups excluding carboxylic acids is 1. The first kappa shape index (κ1) is 18.0. The van der Waals surface area contributed by atoms with Crippen LogP contribution in [0.25, 0.3) is 0 Å². The molecule has 1 aliphatic heterocycles. The van der Waals surface area contributed by atoms with E-state index in [2.05, 4.69) is 21.4 Å². The van der Waals surface area contributed by atoms with Crippen LogP contribution >= 0.6 is 0 Å². The second kappa shape index (κ2) is 7.68. The summed E-state index contributed by atoms with van der Waals surface area (Å²) in [7, 11) is 0. The van der Waals surface area contributed by atoms with Crippen molar-refractivity contribution in [1.29, 1.82) is 0 Å². The molecule has 0 atom stereocenters. The number of hydrogen-bond donors (Lipinski definition) is 1. The van der Waals surface area contributed by atoms with Crippen LogP contribution in [0.5, 0.6) is 5.75 Å². The number of nitrogens with one attached hydrogen (secondary N) is 1. The van der Waals surface area contributed by atoms with Crippen LogP contribution in [0.4, 0.5) is 17.3 Å². The molecule has 1 N–H and O–H groups in total. The normalized spacial score (nSPS) is 12.6. The van der Waals surface area contributed by atoms with Gasteiger partial charge in [-0.15, -0.1) is 0 Å². The fourth-order valence-electron chi connectivity index (χ4n) is 3.39. The predicted octanol–water partition coefficient (Wildman–Crippen LogP) is 4.13. The number of rotatable bonds is 5. The Labute approximate surface area is 164 Å². The van der Waals surface area contributed by atoms with Crippen molar-refractivity contribution in [1.82, 2.24) is 9.97 Å². The van der Waals surface area contributed by atoms with Gasteiger partial charge in [-0.05, 0) is 50.1 Å². The molecule has 1 amide bonds. The van der Waals surface area contributed by atoms with E-state index in [-0.39, 0.29) is 5.91 Å². The van der Waals surface area contributed by atoms with Gasteiger partial charge in [-0.1, -0.05) is 30.3 Å². The quantitative estimate of drug-likeness (QED) is 0.727. The van der Waals surface area contributed by atoms with E-state index in [1.54, 1.807) is 11.0 Å². The number of aryl methyl sites for hydroxylation is 1. The van der Waals surface area contributed by atoms with Crippen molar-refractivity contribution in [2.24, 2.45) is 0 Å². The van der Waals surface area contributed by atoms with E-state index >= 15 is 0 Å². The van der Waals surface area contributed by atoms with Crippen molar-refractivity contribution < 1.29 is 9.53 Å². The highest BCUT2D eigenvalue weighted by atomic mass is 16.5. The van der Waals surface area contributed by atoms with Gasteiger partial charge in [0.25, 0.3) is 5.91 Å². The number of anilines is 3. The van der Waals surface area contributed by atoms with Crippen LogP contribution in [0, 0.1) is 6.92 Å². The number of aromatic nitrogens is 2. The third-order valence-electron chi connectivity index (χ3n) is 4.64. The molecule has 0 bridgehead atoms. The summed E-state index contributed by atoms with van der Waals surface area (Å²) in [5, 5.41) is 3.19. The molecule has 0 aliphatic carbocycles.